The van der Waals surface area contributed by atoms with Crippen molar-refractivity contribution in [1.29, 1.82) is 0 Å². The maximum atomic E-state index is 13.0. The summed E-state index contributed by atoms with van der Waals surface area (Å²) in [7, 11) is 0. The lowest BCUT2D eigenvalue weighted by Gasteiger charge is -2.40. The third-order valence-corrected chi connectivity index (χ3v) is 13.3. The lowest BCUT2D eigenvalue weighted by Crippen LogP contribution is -2.60. The average molecular weight is 959 g/mol. The Hall–Kier alpha value is -2.11. The summed E-state index contributed by atoms with van der Waals surface area (Å²) in [5, 5.41) is 54.3. The number of amides is 1. The lowest BCUT2D eigenvalue weighted by molar-refractivity contribution is -0.302. The maximum Gasteiger partial charge on any atom is 0.220 e. The summed E-state index contributed by atoms with van der Waals surface area (Å²) in [4.78, 5) is 13.0. The van der Waals surface area contributed by atoms with Gasteiger partial charge in [-0.1, -0.05) is 242 Å². The summed E-state index contributed by atoms with van der Waals surface area (Å²) in [6.45, 7) is 3.64. The summed E-state index contributed by atoms with van der Waals surface area (Å²) >= 11 is 0. The molecule has 396 valence electrons. The van der Waals surface area contributed by atoms with Crippen LogP contribution in [0.5, 0.6) is 0 Å². The van der Waals surface area contributed by atoms with Crippen molar-refractivity contribution in [1.82, 2.24) is 5.32 Å². The zero-order valence-electron chi connectivity index (χ0n) is 43.9. The maximum absolute atomic E-state index is 13.0. The van der Waals surface area contributed by atoms with Gasteiger partial charge in [-0.3, -0.25) is 4.79 Å². The van der Waals surface area contributed by atoms with E-state index < -0.39 is 49.5 Å². The van der Waals surface area contributed by atoms with E-state index >= 15 is 0 Å². The first-order valence-electron chi connectivity index (χ1n) is 28.5. The summed E-state index contributed by atoms with van der Waals surface area (Å²) in [5.74, 6) is -0.216. The van der Waals surface area contributed by atoms with Crippen LogP contribution in [0.2, 0.25) is 0 Å². The highest BCUT2D eigenvalue weighted by Crippen LogP contribution is 2.23. The number of carbonyl (C=O) groups excluding carboxylic acids is 1. The van der Waals surface area contributed by atoms with E-state index in [1.165, 1.54) is 167 Å². The summed E-state index contributed by atoms with van der Waals surface area (Å²) in [5.41, 5.74) is 0. The molecule has 0 aromatic heterocycles. The molecule has 0 aromatic rings. The fraction of sp³-hybridized carbons (Fsp3) is 0.814. The molecule has 6 N–H and O–H groups in total. The minimum atomic E-state index is -1.58. The van der Waals surface area contributed by atoms with Gasteiger partial charge in [0, 0.05) is 6.42 Å². The van der Waals surface area contributed by atoms with Crippen molar-refractivity contribution < 1.29 is 39.8 Å². The molecule has 0 radical (unpaired) electrons. The molecular weight excluding hydrogens is 851 g/mol. The second-order valence-corrected chi connectivity index (χ2v) is 19.7. The number of rotatable bonds is 48. The topological polar surface area (TPSA) is 149 Å². The van der Waals surface area contributed by atoms with Crippen molar-refractivity contribution >= 4 is 5.91 Å². The van der Waals surface area contributed by atoms with Crippen LogP contribution < -0.4 is 5.32 Å². The molecule has 0 bridgehead atoms. The van der Waals surface area contributed by atoms with Crippen molar-refractivity contribution in [3.63, 3.8) is 0 Å². The highest BCUT2D eigenvalue weighted by Gasteiger charge is 2.44. The van der Waals surface area contributed by atoms with Gasteiger partial charge in [-0.25, -0.2) is 0 Å². The normalized spacial score (nSPS) is 20.0. The Morgan fingerprint density at radius 1 is 0.515 bits per heavy atom. The first-order valence-corrected chi connectivity index (χ1v) is 28.5. The van der Waals surface area contributed by atoms with E-state index in [2.05, 4.69) is 67.8 Å². The Balaban J connectivity index is 2.18. The van der Waals surface area contributed by atoms with Crippen LogP contribution in [-0.4, -0.2) is 87.5 Å². The predicted octanol–water partition coefficient (Wildman–Crippen LogP) is 13.9. The number of aliphatic hydroxyl groups excluding tert-OH is 5. The number of hydrogen-bond acceptors (Lipinski definition) is 8. The van der Waals surface area contributed by atoms with Gasteiger partial charge in [0.2, 0.25) is 5.91 Å². The predicted molar refractivity (Wildman–Crippen MR) is 286 cm³/mol. The molecule has 1 fully saturated rings. The molecule has 1 rings (SSSR count). The molecule has 1 aliphatic heterocycles. The number of unbranched alkanes of at least 4 members (excludes halogenated alkanes) is 30. The summed E-state index contributed by atoms with van der Waals surface area (Å²) in [6.07, 6.45) is 58.9. The Morgan fingerprint density at radius 2 is 0.926 bits per heavy atom. The van der Waals surface area contributed by atoms with E-state index in [0.717, 1.165) is 57.8 Å². The first kappa shape index (κ1) is 63.9. The van der Waals surface area contributed by atoms with Gasteiger partial charge in [-0.2, -0.15) is 0 Å². The third-order valence-electron chi connectivity index (χ3n) is 13.3. The molecule has 0 saturated carbocycles. The highest BCUT2D eigenvalue weighted by molar-refractivity contribution is 5.76. The molecule has 7 atom stereocenters. The van der Waals surface area contributed by atoms with E-state index in [1.807, 2.05) is 6.08 Å². The van der Waals surface area contributed by atoms with E-state index in [4.69, 9.17) is 9.47 Å². The van der Waals surface area contributed by atoms with Gasteiger partial charge >= 0.3 is 0 Å². The van der Waals surface area contributed by atoms with E-state index in [0.29, 0.717) is 12.8 Å². The molecule has 7 unspecified atom stereocenters. The zero-order chi connectivity index (χ0) is 49.4. The summed E-state index contributed by atoms with van der Waals surface area (Å²) in [6, 6.07) is -0.839. The van der Waals surface area contributed by atoms with E-state index in [1.54, 1.807) is 6.08 Å². The van der Waals surface area contributed by atoms with Crippen LogP contribution in [0.4, 0.5) is 0 Å². The molecule has 9 heteroatoms. The van der Waals surface area contributed by atoms with Gasteiger partial charge in [0.15, 0.2) is 6.29 Å². The smallest absolute Gasteiger partial charge is 0.220 e. The monoisotopic (exact) mass is 958 g/mol. The fourth-order valence-electron chi connectivity index (χ4n) is 8.84. The van der Waals surface area contributed by atoms with Gasteiger partial charge in [-0.15, -0.1) is 0 Å². The number of allylic oxidation sites excluding steroid dienone is 9. The van der Waals surface area contributed by atoms with Crippen LogP contribution in [0, 0.1) is 0 Å². The Kier molecular flexibility index (Phi) is 45.6. The zero-order valence-corrected chi connectivity index (χ0v) is 43.9. The van der Waals surface area contributed by atoms with Crippen LogP contribution in [0.1, 0.15) is 251 Å². The number of carbonyl (C=O) groups is 1. The third kappa shape index (κ3) is 37.7. The number of ether oxygens (including phenoxy) is 2. The molecule has 0 spiro atoms. The molecule has 9 nitrogen and oxygen atoms in total. The molecule has 1 aliphatic rings. The number of nitrogens with one attached hydrogen (secondary N) is 1. The van der Waals surface area contributed by atoms with Gasteiger partial charge in [0.25, 0.3) is 0 Å². The van der Waals surface area contributed by atoms with Crippen molar-refractivity contribution in [3.05, 3.63) is 60.8 Å². The quantitative estimate of drug-likeness (QED) is 0.0261. The molecule has 1 amide bonds. The summed E-state index contributed by atoms with van der Waals surface area (Å²) < 4.78 is 11.2. The number of hydrogen-bond donors (Lipinski definition) is 6. The Morgan fingerprint density at radius 3 is 1.41 bits per heavy atom. The van der Waals surface area contributed by atoms with Gasteiger partial charge < -0.3 is 40.3 Å². The number of aliphatic hydroxyl groups is 5. The molecule has 1 heterocycles. The molecule has 0 aliphatic carbocycles. The van der Waals surface area contributed by atoms with Crippen LogP contribution in [0.15, 0.2) is 60.8 Å². The van der Waals surface area contributed by atoms with Gasteiger partial charge in [-0.05, 0) is 64.2 Å². The highest BCUT2D eigenvalue weighted by atomic mass is 16.7. The van der Waals surface area contributed by atoms with Gasteiger partial charge in [0.05, 0.1) is 25.4 Å². The SMILES string of the molecule is CC/C=C\C/C=C\C/C=C\CCCCCC(=O)NC(COC1OC(CO)C(O)C(O)C1O)C(O)/C=C/CC/C=C/CCCCCCCCCCCCCCCCCCCCCCCCCCCC. The van der Waals surface area contributed by atoms with Crippen molar-refractivity contribution in [3.8, 4) is 0 Å². The molecule has 68 heavy (non-hydrogen) atoms. The second-order valence-electron chi connectivity index (χ2n) is 19.7. The van der Waals surface area contributed by atoms with Gasteiger partial charge in [0.1, 0.15) is 24.4 Å². The standard InChI is InChI=1S/C59H107NO8/c1-3-5-7-9-11-13-15-17-18-19-20-21-22-23-24-25-26-27-28-29-30-31-32-33-34-35-37-38-40-42-44-46-48-53(62)52(51-67-59-58(66)57(65)56(64)54(50-61)68-59)60-55(63)49-47-45-43-41-39-36-16-14-12-10-8-6-4-2/h6,8,12,14,36,38-40,46,48,52-54,56-59,61-62,64-66H,3-5,7,9-11,13,15-35,37,41-45,47,49-51H2,1-2H3,(H,60,63)/b8-6-,14-12-,39-36-,40-38+,48-46+. The Bertz CT molecular complexity index is 1250. The van der Waals surface area contributed by atoms with E-state index in [-0.39, 0.29) is 12.5 Å². The second kappa shape index (κ2) is 48.5. The first-order chi connectivity index (χ1) is 33.3. The van der Waals surface area contributed by atoms with Crippen LogP contribution in [0.25, 0.3) is 0 Å². The lowest BCUT2D eigenvalue weighted by atomic mass is 9.99. The van der Waals surface area contributed by atoms with Crippen LogP contribution >= 0.6 is 0 Å². The molecule has 0 aromatic carbocycles. The molecule has 1 saturated heterocycles. The molecular formula is C59H107NO8. The average Bonchev–Trinajstić information content (AvgIpc) is 3.34. The van der Waals surface area contributed by atoms with Crippen LogP contribution in [-0.2, 0) is 14.3 Å². The van der Waals surface area contributed by atoms with Crippen molar-refractivity contribution in [2.75, 3.05) is 13.2 Å². The minimum absolute atomic E-state index is 0.215. The van der Waals surface area contributed by atoms with E-state index in [9.17, 15) is 30.3 Å². The minimum Gasteiger partial charge on any atom is -0.394 e. The fourth-order valence-corrected chi connectivity index (χ4v) is 8.84. The largest absolute Gasteiger partial charge is 0.394 e. The van der Waals surface area contributed by atoms with Crippen molar-refractivity contribution in [2.24, 2.45) is 0 Å². The Labute approximate surface area is 417 Å². The van der Waals surface area contributed by atoms with Crippen molar-refractivity contribution in [2.45, 2.75) is 294 Å². The van der Waals surface area contributed by atoms with Crippen LogP contribution in [0.3, 0.4) is 0 Å².